The fourth-order valence-corrected chi connectivity index (χ4v) is 1.69. The number of H-pyrrole nitrogens is 1. The van der Waals surface area contributed by atoms with E-state index in [4.69, 9.17) is 9.15 Å². The molecule has 2 aromatic heterocycles. The molecule has 0 saturated carbocycles. The van der Waals surface area contributed by atoms with Crippen molar-refractivity contribution in [3.63, 3.8) is 0 Å². The summed E-state index contributed by atoms with van der Waals surface area (Å²) < 4.78 is 9.74. The quantitative estimate of drug-likeness (QED) is 0.664. The molecular formula is C13H13NO4. The second-order valence-corrected chi connectivity index (χ2v) is 3.97. The third kappa shape index (κ3) is 2.51. The molecule has 0 aliphatic rings. The van der Waals surface area contributed by atoms with E-state index in [1.807, 2.05) is 6.92 Å². The number of aromatic nitrogens is 1. The molecule has 5 nitrogen and oxygen atoms in total. The molecule has 0 radical (unpaired) electrons. The molecular weight excluding hydrogens is 234 g/mol. The fourth-order valence-electron chi connectivity index (χ4n) is 1.69. The second kappa shape index (κ2) is 4.91. The Morgan fingerprint density at radius 1 is 1.39 bits per heavy atom. The van der Waals surface area contributed by atoms with Crippen molar-refractivity contribution >= 4 is 11.8 Å². The lowest BCUT2D eigenvalue weighted by Gasteiger charge is -2.01. The van der Waals surface area contributed by atoms with Gasteiger partial charge in [-0.3, -0.25) is 4.79 Å². The smallest absolute Gasteiger partial charge is 0.374 e. The lowest BCUT2D eigenvalue weighted by Crippen LogP contribution is -2.14. The average Bonchev–Trinajstić information content (AvgIpc) is 2.95. The average molecular weight is 247 g/mol. The van der Waals surface area contributed by atoms with E-state index in [0.29, 0.717) is 5.56 Å². The van der Waals surface area contributed by atoms with E-state index < -0.39 is 5.97 Å². The highest BCUT2D eigenvalue weighted by atomic mass is 16.5. The number of rotatable bonds is 4. The van der Waals surface area contributed by atoms with E-state index in [1.54, 1.807) is 19.1 Å². The summed E-state index contributed by atoms with van der Waals surface area (Å²) in [5.74, 6) is -0.792. The Hall–Kier alpha value is -2.30. The third-order valence-corrected chi connectivity index (χ3v) is 2.51. The summed E-state index contributed by atoms with van der Waals surface area (Å²) in [5, 5.41) is 0. The first-order valence-electron chi connectivity index (χ1n) is 5.48. The van der Waals surface area contributed by atoms with Crippen molar-refractivity contribution in [3.8, 4) is 0 Å². The molecule has 5 heteroatoms. The summed E-state index contributed by atoms with van der Waals surface area (Å²) in [5.41, 5.74) is 2.21. The summed E-state index contributed by atoms with van der Waals surface area (Å²) in [6.07, 6.45) is 1.37. The number of aromatic amines is 1. The standard InChI is InChI=1S/C13H13NO4/c1-8-6-10(9(2)14-8)11(15)7-18-13(16)12-4-3-5-17-12/h3-6,14H,7H2,1-2H3. The molecule has 1 N–H and O–H groups in total. The van der Waals surface area contributed by atoms with Crippen LogP contribution in [0.4, 0.5) is 0 Å². The summed E-state index contributed by atoms with van der Waals surface area (Å²) >= 11 is 0. The molecule has 0 aliphatic heterocycles. The van der Waals surface area contributed by atoms with Crippen LogP contribution in [0.15, 0.2) is 28.9 Å². The topological polar surface area (TPSA) is 72.3 Å². The lowest BCUT2D eigenvalue weighted by molar-refractivity contribution is 0.0444. The second-order valence-electron chi connectivity index (χ2n) is 3.97. The minimum absolute atomic E-state index is 0.0878. The summed E-state index contributed by atoms with van der Waals surface area (Å²) in [7, 11) is 0. The zero-order valence-electron chi connectivity index (χ0n) is 10.1. The Labute approximate surface area is 104 Å². The Kier molecular flexibility index (Phi) is 3.32. The van der Waals surface area contributed by atoms with Gasteiger partial charge in [-0.25, -0.2) is 4.79 Å². The summed E-state index contributed by atoms with van der Waals surface area (Å²) in [6, 6.07) is 4.80. The number of hydrogen-bond donors (Lipinski definition) is 1. The van der Waals surface area contributed by atoms with Crippen LogP contribution in [-0.4, -0.2) is 23.3 Å². The van der Waals surface area contributed by atoms with Gasteiger partial charge in [0.05, 0.1) is 6.26 Å². The van der Waals surface area contributed by atoms with Gasteiger partial charge < -0.3 is 14.1 Å². The maximum atomic E-state index is 11.8. The Balaban J connectivity index is 1.97. The normalized spacial score (nSPS) is 10.3. The molecule has 2 rings (SSSR count). The van der Waals surface area contributed by atoms with Gasteiger partial charge in [-0.05, 0) is 32.0 Å². The molecule has 0 amide bonds. The molecule has 0 fully saturated rings. The van der Waals surface area contributed by atoms with E-state index in [0.717, 1.165) is 11.4 Å². The first-order chi connectivity index (χ1) is 8.58. The molecule has 0 aromatic carbocycles. The fraction of sp³-hybridized carbons (Fsp3) is 0.231. The molecule has 0 unspecified atom stereocenters. The van der Waals surface area contributed by atoms with Crippen LogP contribution >= 0.6 is 0 Å². The van der Waals surface area contributed by atoms with Crippen LogP contribution in [-0.2, 0) is 4.74 Å². The lowest BCUT2D eigenvalue weighted by atomic mass is 10.2. The number of ketones is 1. The Morgan fingerprint density at radius 3 is 2.72 bits per heavy atom. The van der Waals surface area contributed by atoms with E-state index >= 15 is 0 Å². The third-order valence-electron chi connectivity index (χ3n) is 2.51. The van der Waals surface area contributed by atoms with Crippen molar-refractivity contribution in [2.24, 2.45) is 0 Å². The predicted molar refractivity (Wildman–Crippen MR) is 63.6 cm³/mol. The van der Waals surface area contributed by atoms with Crippen molar-refractivity contribution in [1.82, 2.24) is 4.98 Å². The monoisotopic (exact) mass is 247 g/mol. The van der Waals surface area contributed by atoms with Crippen molar-refractivity contribution in [1.29, 1.82) is 0 Å². The van der Waals surface area contributed by atoms with Crippen LogP contribution in [0.3, 0.4) is 0 Å². The van der Waals surface area contributed by atoms with Gasteiger partial charge in [-0.2, -0.15) is 0 Å². The SMILES string of the molecule is Cc1cc(C(=O)COC(=O)c2ccco2)c(C)[nH]1. The van der Waals surface area contributed by atoms with Crippen molar-refractivity contribution in [3.05, 3.63) is 47.2 Å². The van der Waals surface area contributed by atoms with Gasteiger partial charge in [-0.1, -0.05) is 0 Å². The highest BCUT2D eigenvalue weighted by Gasteiger charge is 2.16. The maximum Gasteiger partial charge on any atom is 0.374 e. The highest BCUT2D eigenvalue weighted by molar-refractivity contribution is 6.00. The number of carbonyl (C=O) groups is 2. The van der Waals surface area contributed by atoms with E-state index in [-0.39, 0.29) is 18.2 Å². The molecule has 94 valence electrons. The van der Waals surface area contributed by atoms with Gasteiger partial charge in [0, 0.05) is 17.0 Å². The van der Waals surface area contributed by atoms with Gasteiger partial charge in [-0.15, -0.1) is 0 Å². The molecule has 0 saturated heterocycles. The van der Waals surface area contributed by atoms with E-state index in [1.165, 1.54) is 12.3 Å². The number of nitrogens with one attached hydrogen (secondary N) is 1. The first kappa shape index (κ1) is 12.2. The minimum Gasteiger partial charge on any atom is -0.457 e. The van der Waals surface area contributed by atoms with Gasteiger partial charge in [0.2, 0.25) is 11.5 Å². The number of aryl methyl sites for hydroxylation is 2. The Bertz CT molecular complexity index is 566. The van der Waals surface area contributed by atoms with Crippen molar-refractivity contribution < 1.29 is 18.7 Å². The maximum absolute atomic E-state index is 11.8. The molecule has 0 bridgehead atoms. The van der Waals surface area contributed by atoms with Gasteiger partial charge in [0.1, 0.15) is 0 Å². The molecule has 0 aliphatic carbocycles. The number of hydrogen-bond acceptors (Lipinski definition) is 4. The largest absolute Gasteiger partial charge is 0.457 e. The molecule has 0 spiro atoms. The van der Waals surface area contributed by atoms with Gasteiger partial charge in [0.15, 0.2) is 6.61 Å². The van der Waals surface area contributed by atoms with Crippen LogP contribution in [0.5, 0.6) is 0 Å². The van der Waals surface area contributed by atoms with Crippen LogP contribution in [0.2, 0.25) is 0 Å². The van der Waals surface area contributed by atoms with Gasteiger partial charge >= 0.3 is 5.97 Å². The van der Waals surface area contributed by atoms with Crippen molar-refractivity contribution in [2.75, 3.05) is 6.61 Å². The first-order valence-corrected chi connectivity index (χ1v) is 5.48. The molecule has 2 heterocycles. The molecule has 18 heavy (non-hydrogen) atoms. The summed E-state index contributed by atoms with van der Waals surface area (Å²) in [6.45, 7) is 3.37. The number of Topliss-reactive ketones (excluding diaryl/α,β-unsaturated/α-hetero) is 1. The Morgan fingerprint density at radius 2 is 2.17 bits per heavy atom. The highest BCUT2D eigenvalue weighted by Crippen LogP contribution is 2.11. The number of ether oxygens (including phenoxy) is 1. The summed E-state index contributed by atoms with van der Waals surface area (Å²) in [4.78, 5) is 26.3. The zero-order chi connectivity index (χ0) is 13.1. The number of carbonyl (C=O) groups excluding carboxylic acids is 2. The zero-order valence-corrected chi connectivity index (χ0v) is 10.1. The van der Waals surface area contributed by atoms with Gasteiger partial charge in [0.25, 0.3) is 0 Å². The van der Waals surface area contributed by atoms with Crippen LogP contribution in [0.1, 0.15) is 32.3 Å². The molecule has 0 atom stereocenters. The van der Waals surface area contributed by atoms with E-state index in [9.17, 15) is 9.59 Å². The van der Waals surface area contributed by atoms with Crippen LogP contribution in [0.25, 0.3) is 0 Å². The molecule has 2 aromatic rings. The minimum atomic E-state index is -0.640. The number of esters is 1. The van der Waals surface area contributed by atoms with Crippen molar-refractivity contribution in [2.45, 2.75) is 13.8 Å². The van der Waals surface area contributed by atoms with Crippen LogP contribution < -0.4 is 0 Å². The predicted octanol–water partition coefficient (Wildman–Crippen LogP) is 2.26. The number of furan rings is 1. The van der Waals surface area contributed by atoms with E-state index in [2.05, 4.69) is 4.98 Å². The van der Waals surface area contributed by atoms with Crippen LogP contribution in [0, 0.1) is 13.8 Å².